The van der Waals surface area contributed by atoms with E-state index in [1.54, 1.807) is 18.2 Å². The second kappa shape index (κ2) is 12.2. The number of anilines is 1. The fourth-order valence-corrected chi connectivity index (χ4v) is 5.37. The third kappa shape index (κ3) is 7.08. The Balaban J connectivity index is 1.71. The average Bonchev–Trinajstić information content (AvgIpc) is 2.92. The van der Waals surface area contributed by atoms with Crippen LogP contribution in [0.4, 0.5) is 5.69 Å². The Morgan fingerprint density at radius 2 is 1.62 bits per heavy atom. The maximum atomic E-state index is 14.0. The molecular formula is C29H33N3O6S. The summed E-state index contributed by atoms with van der Waals surface area (Å²) in [4.78, 5) is 28.6. The molecule has 0 radical (unpaired) electrons. The van der Waals surface area contributed by atoms with E-state index in [0.717, 1.165) is 27.3 Å². The highest BCUT2D eigenvalue weighted by Crippen LogP contribution is 2.34. The summed E-state index contributed by atoms with van der Waals surface area (Å²) in [5, 5.41) is 2.67. The summed E-state index contributed by atoms with van der Waals surface area (Å²) < 4.78 is 38.0. The number of aryl methyl sites for hydroxylation is 1. The van der Waals surface area contributed by atoms with E-state index in [1.807, 2.05) is 61.5 Å². The molecule has 0 aromatic heterocycles. The van der Waals surface area contributed by atoms with Crippen LogP contribution in [0.3, 0.4) is 0 Å². The molecule has 0 saturated heterocycles. The van der Waals surface area contributed by atoms with Gasteiger partial charge in [0.2, 0.25) is 21.8 Å². The number of ether oxygens (including phenoxy) is 2. The van der Waals surface area contributed by atoms with Gasteiger partial charge in [0.25, 0.3) is 0 Å². The van der Waals surface area contributed by atoms with Crippen molar-refractivity contribution in [3.8, 4) is 11.5 Å². The van der Waals surface area contributed by atoms with Gasteiger partial charge in [0.1, 0.15) is 25.8 Å². The molecule has 0 bridgehead atoms. The van der Waals surface area contributed by atoms with Crippen LogP contribution in [0.25, 0.3) is 0 Å². The van der Waals surface area contributed by atoms with Gasteiger partial charge < -0.3 is 19.7 Å². The normalized spacial score (nSPS) is 13.3. The van der Waals surface area contributed by atoms with Crippen LogP contribution in [0.2, 0.25) is 0 Å². The Hall–Kier alpha value is -4.05. The van der Waals surface area contributed by atoms with Crippen molar-refractivity contribution in [2.45, 2.75) is 25.9 Å². The quantitative estimate of drug-likeness (QED) is 0.416. The molecular weight excluding hydrogens is 518 g/mol. The highest BCUT2D eigenvalue weighted by Gasteiger charge is 2.33. The number of nitrogens with zero attached hydrogens (tertiary/aromatic N) is 2. The van der Waals surface area contributed by atoms with E-state index in [-0.39, 0.29) is 24.6 Å². The van der Waals surface area contributed by atoms with Gasteiger partial charge in [0.15, 0.2) is 11.5 Å². The first-order valence-electron chi connectivity index (χ1n) is 12.6. The number of rotatable bonds is 10. The Labute approximate surface area is 229 Å². The minimum absolute atomic E-state index is 0.129. The topological polar surface area (TPSA) is 105 Å². The highest BCUT2D eigenvalue weighted by molar-refractivity contribution is 7.92. The molecule has 3 aromatic rings. The fraction of sp³-hybridized carbons (Fsp3) is 0.310. The molecule has 2 amide bonds. The van der Waals surface area contributed by atoms with Crippen LogP contribution in [-0.2, 0) is 32.6 Å². The van der Waals surface area contributed by atoms with Crippen LogP contribution >= 0.6 is 0 Å². The van der Waals surface area contributed by atoms with Gasteiger partial charge in [0.05, 0.1) is 11.9 Å². The first kappa shape index (κ1) is 28.0. The molecule has 10 heteroatoms. The summed E-state index contributed by atoms with van der Waals surface area (Å²) in [6.45, 7) is 2.32. The maximum absolute atomic E-state index is 14.0. The van der Waals surface area contributed by atoms with Crippen LogP contribution in [-0.4, -0.2) is 64.2 Å². The number of carbonyl (C=O) groups is 2. The molecule has 4 rings (SSSR count). The summed E-state index contributed by atoms with van der Waals surface area (Å²) in [7, 11) is -2.35. The van der Waals surface area contributed by atoms with Crippen molar-refractivity contribution < 1.29 is 27.5 Å². The Kier molecular flexibility index (Phi) is 8.75. The van der Waals surface area contributed by atoms with Gasteiger partial charge in [-0.25, -0.2) is 8.42 Å². The first-order chi connectivity index (χ1) is 18.7. The van der Waals surface area contributed by atoms with E-state index in [0.29, 0.717) is 24.7 Å². The third-order valence-electron chi connectivity index (χ3n) is 6.45. The molecule has 0 saturated carbocycles. The van der Waals surface area contributed by atoms with E-state index < -0.39 is 28.5 Å². The number of sulfonamides is 1. The molecule has 0 fully saturated rings. The number of nitrogens with one attached hydrogen (secondary N) is 1. The molecule has 1 N–H and O–H groups in total. The number of amides is 2. The number of hydrogen-bond acceptors (Lipinski definition) is 6. The van der Waals surface area contributed by atoms with Crippen molar-refractivity contribution in [2.75, 3.05) is 37.4 Å². The SMILES string of the molecule is CNC(=O)C(Cc1ccccc1)N(Cc1cccc(C)c1)C(=O)CN(c1ccc2c(c1)OCCO2)S(C)(=O)=O. The molecule has 3 aromatic carbocycles. The van der Waals surface area contributed by atoms with Crippen LogP contribution in [0.15, 0.2) is 72.8 Å². The number of hydrogen-bond donors (Lipinski definition) is 1. The van der Waals surface area contributed by atoms with Crippen molar-refractivity contribution in [2.24, 2.45) is 0 Å². The van der Waals surface area contributed by atoms with Crippen LogP contribution in [0.5, 0.6) is 11.5 Å². The van der Waals surface area contributed by atoms with E-state index in [1.165, 1.54) is 11.9 Å². The molecule has 1 aliphatic heterocycles. The summed E-state index contributed by atoms with van der Waals surface area (Å²) in [5.41, 5.74) is 2.98. The summed E-state index contributed by atoms with van der Waals surface area (Å²) >= 11 is 0. The molecule has 1 aliphatic rings. The fourth-order valence-electron chi connectivity index (χ4n) is 4.53. The summed E-state index contributed by atoms with van der Waals surface area (Å²) in [6.07, 6.45) is 1.31. The molecule has 9 nitrogen and oxygen atoms in total. The van der Waals surface area contributed by atoms with Crippen molar-refractivity contribution in [3.63, 3.8) is 0 Å². The molecule has 206 valence electrons. The molecule has 39 heavy (non-hydrogen) atoms. The molecule has 1 heterocycles. The van der Waals surface area contributed by atoms with Gasteiger partial charge in [-0.15, -0.1) is 0 Å². The van der Waals surface area contributed by atoms with Crippen molar-refractivity contribution in [1.82, 2.24) is 10.2 Å². The minimum Gasteiger partial charge on any atom is -0.486 e. The van der Waals surface area contributed by atoms with Crippen molar-refractivity contribution in [1.29, 1.82) is 0 Å². The average molecular weight is 552 g/mol. The number of carbonyl (C=O) groups excluding carboxylic acids is 2. The highest BCUT2D eigenvalue weighted by atomic mass is 32.2. The zero-order chi connectivity index (χ0) is 28.0. The van der Waals surface area contributed by atoms with E-state index in [9.17, 15) is 18.0 Å². The standard InChI is InChI=1S/C29H33N3O6S/c1-21-8-7-11-23(16-21)19-31(25(29(34)30-2)17-22-9-5-4-6-10-22)28(33)20-32(39(3,35)36)24-12-13-26-27(18-24)38-15-14-37-26/h4-13,16,18,25H,14-15,17,19-20H2,1-3H3,(H,30,34). The first-order valence-corrected chi connectivity index (χ1v) is 14.5. The zero-order valence-corrected chi connectivity index (χ0v) is 23.1. The second-order valence-corrected chi connectivity index (χ2v) is 11.3. The lowest BCUT2D eigenvalue weighted by molar-refractivity contribution is -0.139. The van der Waals surface area contributed by atoms with Gasteiger partial charge in [-0.05, 0) is 30.2 Å². The Bertz CT molecular complexity index is 1430. The molecule has 0 spiro atoms. The third-order valence-corrected chi connectivity index (χ3v) is 7.59. The number of fused-ring (bicyclic) bond motifs is 1. The number of likely N-dealkylation sites (N-methyl/N-ethyl adjacent to an activating group) is 1. The predicted molar refractivity (Wildman–Crippen MR) is 149 cm³/mol. The molecule has 0 aliphatic carbocycles. The summed E-state index contributed by atoms with van der Waals surface area (Å²) in [5.74, 6) is 0.0589. The molecule has 1 atom stereocenters. The van der Waals surface area contributed by atoms with Gasteiger partial charge in [0, 0.05) is 26.1 Å². The van der Waals surface area contributed by atoms with Gasteiger partial charge in [-0.3, -0.25) is 13.9 Å². The van der Waals surface area contributed by atoms with E-state index in [2.05, 4.69) is 5.32 Å². The van der Waals surface area contributed by atoms with E-state index in [4.69, 9.17) is 9.47 Å². The lowest BCUT2D eigenvalue weighted by atomic mass is 10.0. The minimum atomic E-state index is -3.87. The summed E-state index contributed by atoms with van der Waals surface area (Å²) in [6, 6.07) is 20.9. The zero-order valence-electron chi connectivity index (χ0n) is 22.3. The lowest BCUT2D eigenvalue weighted by Gasteiger charge is -2.33. The van der Waals surface area contributed by atoms with Crippen molar-refractivity contribution in [3.05, 3.63) is 89.5 Å². The maximum Gasteiger partial charge on any atom is 0.244 e. The van der Waals surface area contributed by atoms with Crippen LogP contribution in [0.1, 0.15) is 16.7 Å². The monoisotopic (exact) mass is 551 g/mol. The van der Waals surface area contributed by atoms with Crippen LogP contribution in [0, 0.1) is 6.92 Å². The smallest absolute Gasteiger partial charge is 0.244 e. The second-order valence-electron chi connectivity index (χ2n) is 9.43. The van der Waals surface area contributed by atoms with Gasteiger partial charge in [-0.2, -0.15) is 0 Å². The van der Waals surface area contributed by atoms with Gasteiger partial charge in [-0.1, -0.05) is 60.2 Å². The predicted octanol–water partition coefficient (Wildman–Crippen LogP) is 2.92. The number of benzene rings is 3. The molecule has 1 unspecified atom stereocenters. The Morgan fingerprint density at radius 3 is 2.28 bits per heavy atom. The van der Waals surface area contributed by atoms with E-state index >= 15 is 0 Å². The largest absolute Gasteiger partial charge is 0.486 e. The lowest BCUT2D eigenvalue weighted by Crippen LogP contribution is -2.52. The Morgan fingerprint density at radius 1 is 0.923 bits per heavy atom. The van der Waals surface area contributed by atoms with Gasteiger partial charge >= 0.3 is 0 Å². The van der Waals surface area contributed by atoms with Crippen molar-refractivity contribution >= 4 is 27.5 Å². The van der Waals surface area contributed by atoms with Crippen LogP contribution < -0.4 is 19.1 Å².